The number of nitrogens with one attached hydrogen (secondary N) is 2. The Kier molecular flexibility index (Phi) is 6.28. The van der Waals surface area contributed by atoms with Gasteiger partial charge in [-0.05, 0) is 85.3 Å². The highest BCUT2D eigenvalue weighted by Gasteiger charge is 2.28. The molecule has 0 radical (unpaired) electrons. The van der Waals surface area contributed by atoms with Crippen molar-refractivity contribution in [2.45, 2.75) is 37.8 Å². The zero-order chi connectivity index (χ0) is 22.9. The molecule has 0 saturated carbocycles. The maximum atomic E-state index is 6.09. The highest BCUT2D eigenvalue weighted by atomic mass is 35.5. The molecule has 0 bridgehead atoms. The van der Waals surface area contributed by atoms with Crippen LogP contribution in [0, 0.1) is 0 Å². The molecular formula is C26H27Cl2N5. The SMILES string of the molecule is CN(c1ncnc2[nH]ccc12)C1CCc2cc(Cl)ccc21.CNC1CCc2cc(Cl)ccc21. The average molecular weight is 480 g/mol. The number of aromatic amines is 1. The van der Waals surface area contributed by atoms with Gasteiger partial charge in [-0.15, -0.1) is 0 Å². The minimum absolute atomic E-state index is 0.338. The molecule has 2 aliphatic carbocycles. The van der Waals surface area contributed by atoms with Crippen LogP contribution >= 0.6 is 23.2 Å². The smallest absolute Gasteiger partial charge is 0.142 e. The van der Waals surface area contributed by atoms with Gasteiger partial charge in [0.25, 0.3) is 0 Å². The molecule has 170 valence electrons. The Labute approximate surface area is 204 Å². The van der Waals surface area contributed by atoms with E-state index in [1.807, 2.05) is 31.4 Å². The van der Waals surface area contributed by atoms with Crippen LogP contribution < -0.4 is 10.2 Å². The Morgan fingerprint density at radius 3 is 2.39 bits per heavy atom. The number of nitrogens with zero attached hydrogens (tertiary/aromatic N) is 3. The van der Waals surface area contributed by atoms with Gasteiger partial charge in [0.15, 0.2) is 0 Å². The number of aromatic nitrogens is 3. The van der Waals surface area contributed by atoms with Gasteiger partial charge in [-0.3, -0.25) is 0 Å². The Balaban J connectivity index is 0.000000162. The van der Waals surface area contributed by atoms with Gasteiger partial charge in [-0.1, -0.05) is 35.3 Å². The van der Waals surface area contributed by atoms with Crippen LogP contribution in [0.4, 0.5) is 5.82 Å². The molecule has 33 heavy (non-hydrogen) atoms. The second kappa shape index (κ2) is 9.34. The van der Waals surface area contributed by atoms with Crippen molar-refractivity contribution in [3.05, 3.63) is 87.3 Å². The number of halogens is 2. The minimum Gasteiger partial charge on any atom is -0.352 e. The van der Waals surface area contributed by atoms with E-state index in [2.05, 4.69) is 56.5 Å². The molecule has 0 amide bonds. The van der Waals surface area contributed by atoms with Gasteiger partial charge < -0.3 is 15.2 Å². The Hall–Kier alpha value is -2.60. The average Bonchev–Trinajstić information content (AvgIpc) is 3.55. The Morgan fingerprint density at radius 2 is 1.64 bits per heavy atom. The Bertz CT molecular complexity index is 1280. The fourth-order valence-corrected chi connectivity index (χ4v) is 5.53. The molecule has 0 saturated heterocycles. The summed E-state index contributed by atoms with van der Waals surface area (Å²) in [4.78, 5) is 14.1. The van der Waals surface area contributed by atoms with Gasteiger partial charge in [0, 0.05) is 29.3 Å². The second-order valence-corrected chi connectivity index (χ2v) is 9.54. The van der Waals surface area contributed by atoms with Crippen molar-refractivity contribution in [2.75, 3.05) is 19.0 Å². The van der Waals surface area contributed by atoms with Crippen molar-refractivity contribution < 1.29 is 0 Å². The van der Waals surface area contributed by atoms with Crippen LogP contribution in [-0.4, -0.2) is 29.0 Å². The number of benzene rings is 2. The molecule has 2 aromatic heterocycles. The van der Waals surface area contributed by atoms with E-state index in [0.29, 0.717) is 12.1 Å². The first-order valence-corrected chi connectivity index (χ1v) is 12.1. The third-order valence-electron chi connectivity index (χ3n) is 6.82. The van der Waals surface area contributed by atoms with E-state index >= 15 is 0 Å². The molecule has 7 heteroatoms. The number of aryl methyl sites for hydroxylation is 2. The van der Waals surface area contributed by atoms with Crippen LogP contribution in [0.2, 0.25) is 10.0 Å². The highest BCUT2D eigenvalue weighted by Crippen LogP contribution is 2.39. The van der Waals surface area contributed by atoms with Crippen molar-refractivity contribution in [1.29, 1.82) is 0 Å². The number of fused-ring (bicyclic) bond motifs is 3. The molecule has 2 unspecified atom stereocenters. The van der Waals surface area contributed by atoms with Crippen LogP contribution in [0.3, 0.4) is 0 Å². The molecular weight excluding hydrogens is 453 g/mol. The molecule has 2 heterocycles. The van der Waals surface area contributed by atoms with E-state index in [1.165, 1.54) is 28.7 Å². The first-order valence-electron chi connectivity index (χ1n) is 11.3. The van der Waals surface area contributed by atoms with Crippen molar-refractivity contribution >= 4 is 40.1 Å². The molecule has 5 nitrogen and oxygen atoms in total. The van der Waals surface area contributed by atoms with E-state index in [1.54, 1.807) is 6.33 Å². The number of anilines is 1. The van der Waals surface area contributed by atoms with Crippen LogP contribution in [0.25, 0.3) is 11.0 Å². The predicted molar refractivity (Wildman–Crippen MR) is 136 cm³/mol. The lowest BCUT2D eigenvalue weighted by Crippen LogP contribution is -2.23. The molecule has 4 aromatic rings. The van der Waals surface area contributed by atoms with Crippen LogP contribution in [-0.2, 0) is 12.8 Å². The summed E-state index contributed by atoms with van der Waals surface area (Å²) in [6.07, 6.45) is 8.02. The lowest BCUT2D eigenvalue weighted by Gasteiger charge is -2.27. The molecule has 2 N–H and O–H groups in total. The fraction of sp³-hybridized carbons (Fsp3) is 0.308. The standard InChI is InChI=1S/C16H15ClN4.C10H12ClN/c1-21(16-13-6-7-18-15(13)19-9-20-16)14-5-2-10-8-11(17)3-4-12(10)14;1-12-10-5-2-7-6-8(11)3-4-9(7)10/h3-4,6-9,14H,2,5H2,1H3,(H,18,19,20);3-4,6,10,12H,2,5H2,1H3. The van der Waals surface area contributed by atoms with Crippen molar-refractivity contribution in [3.8, 4) is 0 Å². The van der Waals surface area contributed by atoms with E-state index in [4.69, 9.17) is 23.2 Å². The van der Waals surface area contributed by atoms with E-state index in [9.17, 15) is 0 Å². The topological polar surface area (TPSA) is 56.8 Å². The lowest BCUT2D eigenvalue weighted by molar-refractivity contribution is 0.590. The molecule has 2 aromatic carbocycles. The maximum absolute atomic E-state index is 6.09. The lowest BCUT2D eigenvalue weighted by atomic mass is 10.1. The van der Waals surface area contributed by atoms with Gasteiger partial charge in [-0.25, -0.2) is 9.97 Å². The summed E-state index contributed by atoms with van der Waals surface area (Å²) >= 11 is 12.0. The molecule has 0 spiro atoms. The molecule has 2 atom stereocenters. The quantitative estimate of drug-likeness (QED) is 0.362. The van der Waals surface area contributed by atoms with Gasteiger partial charge in [0.1, 0.15) is 17.8 Å². The number of hydrogen-bond donors (Lipinski definition) is 2. The van der Waals surface area contributed by atoms with Gasteiger partial charge in [-0.2, -0.15) is 0 Å². The predicted octanol–water partition coefficient (Wildman–Crippen LogP) is 6.28. The van der Waals surface area contributed by atoms with Crippen molar-refractivity contribution in [1.82, 2.24) is 20.3 Å². The molecule has 0 aliphatic heterocycles. The number of H-pyrrole nitrogens is 1. The molecule has 6 rings (SSSR count). The summed E-state index contributed by atoms with van der Waals surface area (Å²) < 4.78 is 0. The summed E-state index contributed by atoms with van der Waals surface area (Å²) in [5.74, 6) is 0.967. The summed E-state index contributed by atoms with van der Waals surface area (Å²) in [5, 5.41) is 6.02. The van der Waals surface area contributed by atoms with Crippen LogP contribution in [0.5, 0.6) is 0 Å². The van der Waals surface area contributed by atoms with E-state index < -0.39 is 0 Å². The zero-order valence-corrected chi connectivity index (χ0v) is 20.3. The normalized spacial score (nSPS) is 18.5. The first-order chi connectivity index (χ1) is 16.0. The van der Waals surface area contributed by atoms with Crippen molar-refractivity contribution in [2.24, 2.45) is 0 Å². The second-order valence-electron chi connectivity index (χ2n) is 8.67. The number of hydrogen-bond acceptors (Lipinski definition) is 4. The van der Waals surface area contributed by atoms with Crippen LogP contribution in [0.15, 0.2) is 55.0 Å². The highest BCUT2D eigenvalue weighted by molar-refractivity contribution is 6.31. The first kappa shape index (κ1) is 22.2. The van der Waals surface area contributed by atoms with E-state index in [-0.39, 0.29) is 0 Å². The minimum atomic E-state index is 0.338. The zero-order valence-electron chi connectivity index (χ0n) is 18.8. The van der Waals surface area contributed by atoms with Crippen LogP contribution in [0.1, 0.15) is 47.2 Å². The maximum Gasteiger partial charge on any atom is 0.142 e. The largest absolute Gasteiger partial charge is 0.352 e. The third kappa shape index (κ3) is 4.33. The van der Waals surface area contributed by atoms with Gasteiger partial charge >= 0.3 is 0 Å². The van der Waals surface area contributed by atoms with Gasteiger partial charge in [0.05, 0.1) is 11.4 Å². The monoisotopic (exact) mass is 479 g/mol. The molecule has 2 aliphatic rings. The summed E-state index contributed by atoms with van der Waals surface area (Å²) in [6.45, 7) is 0. The Morgan fingerprint density at radius 1 is 0.939 bits per heavy atom. The van der Waals surface area contributed by atoms with Crippen molar-refractivity contribution in [3.63, 3.8) is 0 Å². The summed E-state index contributed by atoms with van der Waals surface area (Å²) in [6, 6.07) is 15.3. The molecule has 0 fully saturated rings. The summed E-state index contributed by atoms with van der Waals surface area (Å²) in [7, 11) is 4.11. The van der Waals surface area contributed by atoms with Gasteiger partial charge in [0.2, 0.25) is 0 Å². The third-order valence-corrected chi connectivity index (χ3v) is 7.29. The fourth-order valence-electron chi connectivity index (χ4n) is 5.14. The van der Waals surface area contributed by atoms with E-state index in [0.717, 1.165) is 46.2 Å². The summed E-state index contributed by atoms with van der Waals surface area (Å²) in [5.41, 5.74) is 6.40. The number of rotatable bonds is 3.